The second-order valence-corrected chi connectivity index (χ2v) is 4.78. The first-order valence-corrected chi connectivity index (χ1v) is 6.08. The summed E-state index contributed by atoms with van der Waals surface area (Å²) in [7, 11) is 1.23. The van der Waals surface area contributed by atoms with E-state index >= 15 is 0 Å². The van der Waals surface area contributed by atoms with E-state index in [1.807, 2.05) is 0 Å². The van der Waals surface area contributed by atoms with Crippen LogP contribution in [-0.2, 0) is 9.53 Å². The Labute approximate surface area is 115 Å². The Balaban J connectivity index is 2.91. The van der Waals surface area contributed by atoms with Crippen molar-refractivity contribution in [2.45, 2.75) is 19.9 Å². The third kappa shape index (κ3) is 3.92. The molecule has 4 nitrogen and oxygen atoms in total. The van der Waals surface area contributed by atoms with E-state index in [2.05, 4.69) is 10.1 Å². The number of benzene rings is 1. The molecule has 0 spiro atoms. The van der Waals surface area contributed by atoms with Gasteiger partial charge in [0.25, 0.3) is 5.91 Å². The number of ether oxygens (including phenoxy) is 1. The van der Waals surface area contributed by atoms with Gasteiger partial charge in [0.05, 0.1) is 12.7 Å². The molecule has 0 aliphatic rings. The van der Waals surface area contributed by atoms with Gasteiger partial charge in [-0.3, -0.25) is 4.79 Å². The van der Waals surface area contributed by atoms with Crippen LogP contribution in [0.3, 0.4) is 0 Å². The van der Waals surface area contributed by atoms with Crippen LogP contribution in [0.4, 0.5) is 4.39 Å². The Morgan fingerprint density at radius 3 is 2.47 bits per heavy atom. The van der Waals surface area contributed by atoms with E-state index in [0.29, 0.717) is 0 Å². The van der Waals surface area contributed by atoms with Gasteiger partial charge >= 0.3 is 5.97 Å². The van der Waals surface area contributed by atoms with Crippen molar-refractivity contribution in [3.05, 3.63) is 34.6 Å². The Morgan fingerprint density at radius 1 is 1.37 bits per heavy atom. The molecule has 0 heterocycles. The third-order valence-corrected chi connectivity index (χ3v) is 2.82. The monoisotopic (exact) mass is 287 g/mol. The van der Waals surface area contributed by atoms with Crippen molar-refractivity contribution in [1.82, 2.24) is 5.32 Å². The molecule has 104 valence electrons. The Bertz CT molecular complexity index is 491. The number of amides is 1. The fourth-order valence-electron chi connectivity index (χ4n) is 1.52. The normalized spacial score (nSPS) is 12.1. The van der Waals surface area contributed by atoms with Gasteiger partial charge in [-0.25, -0.2) is 9.18 Å². The summed E-state index contributed by atoms with van der Waals surface area (Å²) >= 11 is 5.60. The van der Waals surface area contributed by atoms with Gasteiger partial charge in [-0.15, -0.1) is 0 Å². The van der Waals surface area contributed by atoms with Crippen molar-refractivity contribution >= 4 is 23.5 Å². The van der Waals surface area contributed by atoms with Crippen LogP contribution in [0.15, 0.2) is 18.2 Å². The van der Waals surface area contributed by atoms with Crippen LogP contribution in [0.2, 0.25) is 5.02 Å². The van der Waals surface area contributed by atoms with Gasteiger partial charge in [0, 0.05) is 5.02 Å². The zero-order valence-corrected chi connectivity index (χ0v) is 11.6. The summed E-state index contributed by atoms with van der Waals surface area (Å²) in [6.45, 7) is 3.50. The molecule has 0 aliphatic heterocycles. The molecular weight excluding hydrogens is 273 g/mol. The summed E-state index contributed by atoms with van der Waals surface area (Å²) in [6.07, 6.45) is 0. The maximum atomic E-state index is 13.6. The number of hydrogen-bond acceptors (Lipinski definition) is 3. The lowest BCUT2D eigenvalue weighted by Crippen LogP contribution is -2.45. The number of nitrogens with one attached hydrogen (secondary N) is 1. The number of halogens is 2. The van der Waals surface area contributed by atoms with E-state index in [1.54, 1.807) is 13.8 Å². The standard InChI is InChI=1S/C13H15ClFNO3/c1-7(2)11(13(18)19-3)16-12(17)9-5-4-8(14)6-10(9)15/h4-7,11H,1-3H3,(H,16,17). The molecule has 6 heteroatoms. The topological polar surface area (TPSA) is 55.4 Å². The van der Waals surface area contributed by atoms with Crippen LogP contribution in [-0.4, -0.2) is 25.0 Å². The first-order chi connectivity index (χ1) is 8.86. The highest BCUT2D eigenvalue weighted by Crippen LogP contribution is 2.15. The lowest BCUT2D eigenvalue weighted by molar-refractivity contribution is -0.144. The van der Waals surface area contributed by atoms with E-state index in [0.717, 1.165) is 6.07 Å². The molecule has 0 radical (unpaired) electrons. The smallest absolute Gasteiger partial charge is 0.328 e. The van der Waals surface area contributed by atoms with Crippen molar-refractivity contribution in [3.8, 4) is 0 Å². The Hall–Kier alpha value is -1.62. The number of rotatable bonds is 4. The number of hydrogen-bond donors (Lipinski definition) is 1. The minimum Gasteiger partial charge on any atom is -0.467 e. The maximum Gasteiger partial charge on any atom is 0.328 e. The van der Waals surface area contributed by atoms with Crippen LogP contribution in [0.5, 0.6) is 0 Å². The maximum absolute atomic E-state index is 13.6. The first-order valence-electron chi connectivity index (χ1n) is 5.70. The highest BCUT2D eigenvalue weighted by atomic mass is 35.5. The van der Waals surface area contributed by atoms with E-state index in [9.17, 15) is 14.0 Å². The molecule has 0 aromatic heterocycles. The van der Waals surface area contributed by atoms with Gasteiger partial charge < -0.3 is 10.1 Å². The molecule has 0 saturated heterocycles. The zero-order chi connectivity index (χ0) is 14.6. The minimum atomic E-state index is -0.826. The average molecular weight is 288 g/mol. The summed E-state index contributed by atoms with van der Waals surface area (Å²) in [5.41, 5.74) is -0.168. The molecule has 1 atom stereocenters. The highest BCUT2D eigenvalue weighted by Gasteiger charge is 2.26. The van der Waals surface area contributed by atoms with E-state index < -0.39 is 23.7 Å². The molecule has 1 aromatic carbocycles. The molecule has 0 bridgehead atoms. The molecule has 1 N–H and O–H groups in total. The largest absolute Gasteiger partial charge is 0.467 e. The summed E-state index contributed by atoms with van der Waals surface area (Å²) in [5, 5.41) is 2.64. The lowest BCUT2D eigenvalue weighted by atomic mass is 10.0. The van der Waals surface area contributed by atoms with Crippen LogP contribution in [0.1, 0.15) is 24.2 Å². The zero-order valence-electron chi connectivity index (χ0n) is 10.9. The Morgan fingerprint density at radius 2 is 2.00 bits per heavy atom. The van der Waals surface area contributed by atoms with Gasteiger partial charge in [0.2, 0.25) is 0 Å². The first kappa shape index (κ1) is 15.4. The molecule has 1 unspecified atom stereocenters. The Kier molecular flexibility index (Phi) is 5.30. The number of methoxy groups -OCH3 is 1. The second-order valence-electron chi connectivity index (χ2n) is 4.34. The van der Waals surface area contributed by atoms with Crippen molar-refractivity contribution in [2.75, 3.05) is 7.11 Å². The number of carbonyl (C=O) groups excluding carboxylic acids is 2. The fraction of sp³-hybridized carbons (Fsp3) is 0.385. The van der Waals surface area contributed by atoms with Crippen molar-refractivity contribution < 1.29 is 18.7 Å². The van der Waals surface area contributed by atoms with Crippen LogP contribution >= 0.6 is 11.6 Å². The summed E-state index contributed by atoms with van der Waals surface area (Å²) in [5.74, 6) is -2.17. The second kappa shape index (κ2) is 6.52. The molecule has 1 amide bonds. The van der Waals surface area contributed by atoms with Crippen molar-refractivity contribution in [1.29, 1.82) is 0 Å². The predicted molar refractivity (Wildman–Crippen MR) is 69.5 cm³/mol. The average Bonchev–Trinajstić information content (AvgIpc) is 2.34. The highest BCUT2D eigenvalue weighted by molar-refractivity contribution is 6.30. The summed E-state index contributed by atoms with van der Waals surface area (Å²) in [4.78, 5) is 23.4. The molecular formula is C13H15ClFNO3. The van der Waals surface area contributed by atoms with Gasteiger partial charge in [0.1, 0.15) is 11.9 Å². The van der Waals surface area contributed by atoms with Crippen LogP contribution < -0.4 is 5.32 Å². The molecule has 1 aromatic rings. The molecule has 0 aliphatic carbocycles. The van der Waals surface area contributed by atoms with E-state index in [4.69, 9.17) is 11.6 Å². The molecule has 0 fully saturated rings. The van der Waals surface area contributed by atoms with Gasteiger partial charge in [-0.05, 0) is 24.1 Å². The molecule has 0 saturated carbocycles. The number of esters is 1. The predicted octanol–water partition coefficient (Wildman–Crippen LogP) is 2.41. The van der Waals surface area contributed by atoms with Crippen LogP contribution in [0.25, 0.3) is 0 Å². The lowest BCUT2D eigenvalue weighted by Gasteiger charge is -2.19. The SMILES string of the molecule is COC(=O)C(NC(=O)c1ccc(Cl)cc1F)C(C)C. The van der Waals surface area contributed by atoms with Crippen molar-refractivity contribution in [2.24, 2.45) is 5.92 Å². The molecule has 19 heavy (non-hydrogen) atoms. The summed E-state index contributed by atoms with van der Waals surface area (Å²) < 4.78 is 18.2. The van der Waals surface area contributed by atoms with Gasteiger partial charge in [-0.2, -0.15) is 0 Å². The quantitative estimate of drug-likeness (QED) is 0.865. The van der Waals surface area contributed by atoms with E-state index in [1.165, 1.54) is 19.2 Å². The van der Waals surface area contributed by atoms with Crippen LogP contribution in [0, 0.1) is 11.7 Å². The minimum absolute atomic E-state index is 0.168. The van der Waals surface area contributed by atoms with E-state index in [-0.39, 0.29) is 16.5 Å². The van der Waals surface area contributed by atoms with Gasteiger partial charge in [-0.1, -0.05) is 25.4 Å². The fourth-order valence-corrected chi connectivity index (χ4v) is 1.68. The number of carbonyl (C=O) groups is 2. The van der Waals surface area contributed by atoms with Gasteiger partial charge in [0.15, 0.2) is 0 Å². The third-order valence-electron chi connectivity index (χ3n) is 2.58. The van der Waals surface area contributed by atoms with Crippen molar-refractivity contribution in [3.63, 3.8) is 0 Å². The summed E-state index contributed by atoms with van der Waals surface area (Å²) in [6, 6.07) is 2.88. The molecule has 1 rings (SSSR count).